The van der Waals surface area contributed by atoms with E-state index in [0.29, 0.717) is 0 Å². The van der Waals surface area contributed by atoms with Gasteiger partial charge < -0.3 is 4.90 Å². The van der Waals surface area contributed by atoms with Crippen molar-refractivity contribution in [3.63, 3.8) is 0 Å². The Kier molecular flexibility index (Phi) is 8.95. The Balaban J connectivity index is 1.09. The minimum Gasteiger partial charge on any atom is -0.310 e. The van der Waals surface area contributed by atoms with Crippen LogP contribution >= 0.6 is 11.3 Å². The molecule has 1 aromatic heterocycles. The van der Waals surface area contributed by atoms with Gasteiger partial charge in [-0.05, 0) is 105 Å². The maximum Gasteiger partial charge on any atom is 0.0468 e. The van der Waals surface area contributed by atoms with E-state index >= 15 is 0 Å². The lowest BCUT2D eigenvalue weighted by Crippen LogP contribution is -2.10. The molecule has 1 heterocycles. The van der Waals surface area contributed by atoms with Crippen molar-refractivity contribution in [2.45, 2.75) is 12.8 Å². The number of thiophene rings is 1. The summed E-state index contributed by atoms with van der Waals surface area (Å²) in [6.45, 7) is 0. The topological polar surface area (TPSA) is 3.24 Å². The van der Waals surface area contributed by atoms with Crippen LogP contribution in [-0.2, 0) is 0 Å². The summed E-state index contributed by atoms with van der Waals surface area (Å²) < 4.78 is 2.67. The van der Waals surface area contributed by atoms with Crippen LogP contribution in [0.1, 0.15) is 18.4 Å². The van der Waals surface area contributed by atoms with Crippen LogP contribution in [0.25, 0.3) is 70.3 Å². The normalized spacial score (nSPS) is 12.5. The first-order valence-electron chi connectivity index (χ1n) is 19.4. The van der Waals surface area contributed by atoms with Crippen LogP contribution in [0.15, 0.2) is 212 Å². The third kappa shape index (κ3) is 6.45. The van der Waals surface area contributed by atoms with E-state index in [1.807, 2.05) is 11.3 Å². The fourth-order valence-corrected chi connectivity index (χ4v) is 9.36. The van der Waals surface area contributed by atoms with Crippen molar-refractivity contribution in [2.24, 2.45) is 0 Å². The number of fused-ring (bicyclic) bond motifs is 3. The third-order valence-electron chi connectivity index (χ3n) is 11.0. The number of nitrogens with zero attached hydrogens (tertiary/aromatic N) is 1. The van der Waals surface area contributed by atoms with Gasteiger partial charge in [-0.25, -0.2) is 0 Å². The molecule has 0 saturated carbocycles. The number of allylic oxidation sites excluding steroid dienone is 4. The van der Waals surface area contributed by atoms with Crippen LogP contribution in [0.2, 0.25) is 0 Å². The number of hydrogen-bond acceptors (Lipinski definition) is 2. The van der Waals surface area contributed by atoms with Gasteiger partial charge in [-0.2, -0.15) is 0 Å². The van der Waals surface area contributed by atoms with E-state index < -0.39 is 0 Å². The smallest absolute Gasteiger partial charge is 0.0468 e. The maximum atomic E-state index is 2.42. The first-order chi connectivity index (χ1) is 27.8. The lowest BCUT2D eigenvalue weighted by Gasteiger charge is -2.28. The van der Waals surface area contributed by atoms with Gasteiger partial charge in [0, 0.05) is 42.8 Å². The first kappa shape index (κ1) is 33.8. The molecule has 2 heteroatoms. The summed E-state index contributed by atoms with van der Waals surface area (Å²) in [6.07, 6.45) is 8.87. The second kappa shape index (κ2) is 14.8. The van der Waals surface area contributed by atoms with Crippen LogP contribution < -0.4 is 4.90 Å². The molecule has 0 fully saturated rings. The fraction of sp³-hybridized carbons (Fsp3) is 0.0370. The highest BCUT2D eigenvalue weighted by molar-refractivity contribution is 7.26. The molecule has 1 aliphatic rings. The van der Waals surface area contributed by atoms with Gasteiger partial charge in [0.1, 0.15) is 0 Å². The van der Waals surface area contributed by atoms with E-state index in [1.165, 1.54) is 75.8 Å². The van der Waals surface area contributed by atoms with Crippen molar-refractivity contribution >= 4 is 54.1 Å². The zero-order valence-corrected chi connectivity index (χ0v) is 31.8. The maximum absolute atomic E-state index is 2.42. The number of anilines is 3. The van der Waals surface area contributed by atoms with Crippen molar-refractivity contribution in [2.75, 3.05) is 4.90 Å². The second-order valence-corrected chi connectivity index (χ2v) is 15.5. The molecule has 0 radical (unpaired) electrons. The lowest BCUT2D eigenvalue weighted by molar-refractivity contribution is 1.05. The van der Waals surface area contributed by atoms with Crippen molar-refractivity contribution in [3.05, 3.63) is 218 Å². The Labute approximate surface area is 332 Å². The minimum atomic E-state index is 1.01. The van der Waals surface area contributed by atoms with Gasteiger partial charge in [-0.1, -0.05) is 170 Å². The van der Waals surface area contributed by atoms with Crippen LogP contribution in [-0.4, -0.2) is 0 Å². The Morgan fingerprint density at radius 2 is 0.911 bits per heavy atom. The summed E-state index contributed by atoms with van der Waals surface area (Å²) >= 11 is 1.90. The minimum absolute atomic E-state index is 1.01. The van der Waals surface area contributed by atoms with Gasteiger partial charge in [0.15, 0.2) is 0 Å². The molecular formula is C54H39NS. The monoisotopic (exact) mass is 733 g/mol. The summed E-state index contributed by atoms with van der Waals surface area (Å²) in [5.74, 6) is 0. The molecule has 0 saturated heterocycles. The molecule has 9 aromatic rings. The van der Waals surface area contributed by atoms with Crippen molar-refractivity contribution in [1.82, 2.24) is 0 Å². The molecule has 1 nitrogen and oxygen atoms in total. The van der Waals surface area contributed by atoms with Gasteiger partial charge in [0.2, 0.25) is 0 Å². The van der Waals surface area contributed by atoms with E-state index in [2.05, 4.69) is 217 Å². The van der Waals surface area contributed by atoms with E-state index in [0.717, 1.165) is 29.9 Å². The summed E-state index contributed by atoms with van der Waals surface area (Å²) in [7, 11) is 0. The largest absolute Gasteiger partial charge is 0.310 e. The van der Waals surface area contributed by atoms with Gasteiger partial charge in [0.05, 0.1) is 0 Å². The molecule has 0 spiro atoms. The molecule has 0 unspecified atom stereocenters. The van der Waals surface area contributed by atoms with Crippen molar-refractivity contribution in [1.29, 1.82) is 0 Å². The quantitative estimate of drug-likeness (QED) is 0.150. The van der Waals surface area contributed by atoms with Crippen molar-refractivity contribution in [3.8, 4) is 44.5 Å². The van der Waals surface area contributed by atoms with E-state index in [1.54, 1.807) is 0 Å². The average molecular weight is 734 g/mol. The van der Waals surface area contributed by atoms with Crippen LogP contribution in [0, 0.1) is 0 Å². The molecule has 10 rings (SSSR count). The van der Waals surface area contributed by atoms with Crippen LogP contribution in [0.5, 0.6) is 0 Å². The summed E-state index contributed by atoms with van der Waals surface area (Å²) in [5, 5.41) is 2.65. The SMILES string of the molecule is C1=CCCC(c2cc(N(c3ccc(-c4ccccc4)cc3)c3ccc(-c4ccc(-c5ccccc5)cc4)cc3)ccc2-c2cccc3c2sc2ccccc23)=C1. The molecule has 0 bridgehead atoms. The average Bonchev–Trinajstić information content (AvgIpc) is 3.67. The van der Waals surface area contributed by atoms with Crippen LogP contribution in [0.4, 0.5) is 17.1 Å². The number of hydrogen-bond donors (Lipinski definition) is 0. The standard InChI is InChI=1S/C54H39NS/c1-4-13-38(14-5-1)40-23-25-41(26-24-40)43-29-33-46(34-30-43)55(45-31-27-42(28-32-45)39-15-6-2-7-16-39)47-35-36-48(52(37-47)44-17-8-3-9-18-44)50-20-12-21-51-49-19-10-11-22-53(49)56-54(50)51/h1-8,10-17,19-37H,9,18H2. The predicted molar refractivity (Wildman–Crippen MR) is 242 cm³/mol. The molecule has 1 aliphatic carbocycles. The second-order valence-electron chi connectivity index (χ2n) is 14.4. The van der Waals surface area contributed by atoms with Gasteiger partial charge >= 0.3 is 0 Å². The van der Waals surface area contributed by atoms with Gasteiger partial charge in [-0.3, -0.25) is 0 Å². The van der Waals surface area contributed by atoms with Crippen LogP contribution in [0.3, 0.4) is 0 Å². The predicted octanol–water partition coefficient (Wildman–Crippen LogP) is 15.9. The zero-order chi connectivity index (χ0) is 37.3. The molecular weight excluding hydrogens is 695 g/mol. The van der Waals surface area contributed by atoms with Crippen molar-refractivity contribution < 1.29 is 0 Å². The third-order valence-corrected chi connectivity index (χ3v) is 12.2. The molecule has 266 valence electrons. The summed E-state index contributed by atoms with van der Waals surface area (Å²) in [6, 6.07) is 70.8. The molecule has 0 N–H and O–H groups in total. The summed E-state index contributed by atoms with van der Waals surface area (Å²) in [4.78, 5) is 2.41. The first-order valence-corrected chi connectivity index (χ1v) is 20.2. The Hall–Kier alpha value is -6.74. The number of benzene rings is 8. The molecule has 0 amide bonds. The lowest BCUT2D eigenvalue weighted by atomic mass is 9.89. The van der Waals surface area contributed by atoms with Gasteiger partial charge in [0.25, 0.3) is 0 Å². The molecule has 0 aliphatic heterocycles. The van der Waals surface area contributed by atoms with E-state index in [-0.39, 0.29) is 0 Å². The zero-order valence-electron chi connectivity index (χ0n) is 31.0. The highest BCUT2D eigenvalue weighted by atomic mass is 32.1. The Morgan fingerprint density at radius 3 is 1.50 bits per heavy atom. The Bertz CT molecular complexity index is 2860. The number of rotatable bonds is 8. The Morgan fingerprint density at radius 1 is 0.393 bits per heavy atom. The highest BCUT2D eigenvalue weighted by Crippen LogP contribution is 2.45. The molecule has 56 heavy (non-hydrogen) atoms. The van der Waals surface area contributed by atoms with Gasteiger partial charge in [-0.15, -0.1) is 11.3 Å². The van der Waals surface area contributed by atoms with E-state index in [9.17, 15) is 0 Å². The summed E-state index contributed by atoms with van der Waals surface area (Å²) in [5.41, 5.74) is 15.9. The highest BCUT2D eigenvalue weighted by Gasteiger charge is 2.20. The van der Waals surface area contributed by atoms with E-state index in [4.69, 9.17) is 0 Å². The molecule has 0 atom stereocenters. The molecule has 8 aromatic carbocycles. The fourth-order valence-electron chi connectivity index (χ4n) is 8.13.